The molecule has 6 heteroatoms. The molecule has 2 aliphatic rings. The van der Waals surface area contributed by atoms with Crippen LogP contribution in [0.3, 0.4) is 0 Å². The van der Waals surface area contributed by atoms with Gasteiger partial charge in [-0.2, -0.15) is 5.10 Å². The first-order valence-corrected chi connectivity index (χ1v) is 6.98. The van der Waals surface area contributed by atoms with Crippen LogP contribution in [0.25, 0.3) is 0 Å². The fraction of sp³-hybridized carbons (Fsp3) is 0.467. The molecule has 1 aliphatic heterocycles. The normalized spacial score (nSPS) is 26.8. The Morgan fingerprint density at radius 2 is 2.19 bits per heavy atom. The molecule has 0 amide bonds. The van der Waals surface area contributed by atoms with Gasteiger partial charge in [-0.3, -0.25) is 14.9 Å². The molecule has 21 heavy (non-hydrogen) atoms. The Morgan fingerprint density at radius 3 is 2.90 bits per heavy atom. The number of benzene rings is 1. The number of hydrogen-bond acceptors (Lipinski definition) is 5. The second-order valence-electron chi connectivity index (χ2n) is 6.53. The van der Waals surface area contributed by atoms with Crippen molar-refractivity contribution >= 4 is 17.2 Å². The van der Waals surface area contributed by atoms with Gasteiger partial charge in [0.05, 0.1) is 22.6 Å². The summed E-state index contributed by atoms with van der Waals surface area (Å²) in [5.41, 5.74) is 4.31. The van der Waals surface area contributed by atoms with Crippen LogP contribution in [-0.2, 0) is 4.79 Å². The van der Waals surface area contributed by atoms with Gasteiger partial charge in [0.2, 0.25) is 0 Å². The van der Waals surface area contributed by atoms with Gasteiger partial charge in [0, 0.05) is 24.1 Å². The number of ketones is 1. The summed E-state index contributed by atoms with van der Waals surface area (Å²) in [6.45, 7) is 4.16. The topological polar surface area (TPSA) is 84.6 Å². The Balaban J connectivity index is 1.93. The van der Waals surface area contributed by atoms with Crippen LogP contribution in [-0.4, -0.2) is 22.5 Å². The van der Waals surface area contributed by atoms with E-state index in [4.69, 9.17) is 0 Å². The number of nitrogens with zero attached hydrogens (tertiary/aromatic N) is 2. The third kappa shape index (κ3) is 2.41. The fourth-order valence-corrected chi connectivity index (χ4v) is 3.30. The second-order valence-corrected chi connectivity index (χ2v) is 6.53. The molecule has 0 saturated heterocycles. The molecule has 6 nitrogen and oxygen atoms in total. The lowest BCUT2D eigenvalue weighted by Gasteiger charge is -2.36. The number of fused-ring (bicyclic) bond motifs is 1. The molecule has 1 heterocycles. The highest BCUT2D eigenvalue weighted by Crippen LogP contribution is 2.39. The van der Waals surface area contributed by atoms with E-state index in [-0.39, 0.29) is 28.8 Å². The Morgan fingerprint density at radius 1 is 1.43 bits per heavy atom. The number of carbonyl (C=O) groups is 1. The maximum absolute atomic E-state index is 12.4. The molecule has 2 atom stereocenters. The molecule has 3 rings (SSSR count). The first kappa shape index (κ1) is 13.7. The van der Waals surface area contributed by atoms with Crippen molar-refractivity contribution in [2.45, 2.75) is 32.7 Å². The average molecular weight is 287 g/mol. The van der Waals surface area contributed by atoms with Crippen molar-refractivity contribution in [1.29, 1.82) is 0 Å². The summed E-state index contributed by atoms with van der Waals surface area (Å²) in [6, 6.07) is 6.31. The van der Waals surface area contributed by atoms with Crippen LogP contribution in [0.4, 0.5) is 5.69 Å². The third-order valence-electron chi connectivity index (χ3n) is 4.17. The largest absolute Gasteiger partial charge is 0.306 e. The molecule has 1 N–H and O–H groups in total. The number of rotatable bonds is 2. The Kier molecular flexibility index (Phi) is 3.04. The number of nitrogens with one attached hydrogen (secondary N) is 1. The molecule has 1 fully saturated rings. The van der Waals surface area contributed by atoms with Crippen LogP contribution in [0.5, 0.6) is 0 Å². The zero-order valence-corrected chi connectivity index (χ0v) is 12.0. The summed E-state index contributed by atoms with van der Waals surface area (Å²) in [6.07, 6.45) is 1.38. The van der Waals surface area contributed by atoms with E-state index < -0.39 is 4.92 Å². The summed E-state index contributed by atoms with van der Waals surface area (Å²) >= 11 is 0. The van der Waals surface area contributed by atoms with Gasteiger partial charge >= 0.3 is 0 Å². The van der Waals surface area contributed by atoms with E-state index in [1.807, 2.05) is 0 Å². The minimum absolute atomic E-state index is 0.00416. The summed E-state index contributed by atoms with van der Waals surface area (Å²) < 4.78 is 0. The van der Waals surface area contributed by atoms with Crippen LogP contribution in [0.15, 0.2) is 29.4 Å². The first-order valence-electron chi connectivity index (χ1n) is 6.98. The fourth-order valence-electron chi connectivity index (χ4n) is 3.30. The van der Waals surface area contributed by atoms with Crippen molar-refractivity contribution in [2.24, 2.45) is 16.4 Å². The monoisotopic (exact) mass is 287 g/mol. The van der Waals surface area contributed by atoms with E-state index >= 15 is 0 Å². The number of nitro groups is 1. The smallest absolute Gasteiger partial charge is 0.270 e. The molecular formula is C15H17N3O3. The quantitative estimate of drug-likeness (QED) is 0.668. The number of carbonyl (C=O) groups excluding carboxylic acids is 1. The molecular weight excluding hydrogens is 270 g/mol. The van der Waals surface area contributed by atoms with Gasteiger partial charge in [-0.25, -0.2) is 0 Å². The number of hydrazone groups is 1. The van der Waals surface area contributed by atoms with Crippen molar-refractivity contribution in [2.75, 3.05) is 0 Å². The average Bonchev–Trinajstić information content (AvgIpc) is 2.81. The van der Waals surface area contributed by atoms with E-state index in [9.17, 15) is 14.9 Å². The van der Waals surface area contributed by atoms with E-state index in [0.717, 1.165) is 6.42 Å². The summed E-state index contributed by atoms with van der Waals surface area (Å²) in [5, 5.41) is 15.2. The van der Waals surface area contributed by atoms with Crippen LogP contribution in [0.2, 0.25) is 0 Å². The van der Waals surface area contributed by atoms with Crippen LogP contribution in [0, 0.1) is 21.4 Å². The highest BCUT2D eigenvalue weighted by molar-refractivity contribution is 6.15. The summed E-state index contributed by atoms with van der Waals surface area (Å²) in [5.74, 6) is -0.133. The van der Waals surface area contributed by atoms with E-state index in [1.54, 1.807) is 12.1 Å². The molecule has 0 spiro atoms. The molecule has 1 aromatic carbocycles. The highest BCUT2D eigenvalue weighted by Gasteiger charge is 2.46. The molecule has 110 valence electrons. The van der Waals surface area contributed by atoms with Crippen molar-refractivity contribution < 1.29 is 9.72 Å². The standard InChI is InChI=1S/C15H17N3O3/c1-15(2)7-11-13(12(19)8-15)14(17-16-11)9-4-3-5-10(6-9)18(20)21/h3-6,11,13,16H,7-8H2,1-2H3/t11-,13-/m1/s1. The first-order chi connectivity index (χ1) is 9.87. The number of hydrogen-bond donors (Lipinski definition) is 1. The van der Waals surface area contributed by atoms with E-state index in [1.165, 1.54) is 12.1 Å². The van der Waals surface area contributed by atoms with Crippen molar-refractivity contribution in [3.8, 4) is 0 Å². The predicted octanol–water partition coefficient (Wildman–Crippen LogP) is 2.28. The SMILES string of the molecule is CC1(C)CC(=O)[C@@H]2C(c3cccc([N+](=O)[O-])c3)=NN[C@@H]2C1. The molecule has 0 aromatic heterocycles. The van der Waals surface area contributed by atoms with Crippen molar-refractivity contribution in [3.63, 3.8) is 0 Å². The lowest BCUT2D eigenvalue weighted by Crippen LogP contribution is -2.45. The zero-order chi connectivity index (χ0) is 15.2. The lowest BCUT2D eigenvalue weighted by molar-refractivity contribution is -0.384. The van der Waals surface area contributed by atoms with Crippen LogP contribution in [0.1, 0.15) is 32.3 Å². The Labute approximate surface area is 122 Å². The van der Waals surface area contributed by atoms with Gasteiger partial charge in [0.25, 0.3) is 5.69 Å². The van der Waals surface area contributed by atoms with Gasteiger partial charge in [-0.15, -0.1) is 0 Å². The molecule has 1 aliphatic carbocycles. The van der Waals surface area contributed by atoms with E-state index in [0.29, 0.717) is 17.7 Å². The van der Waals surface area contributed by atoms with Gasteiger partial charge < -0.3 is 5.43 Å². The molecule has 1 saturated carbocycles. The van der Waals surface area contributed by atoms with Crippen LogP contribution < -0.4 is 5.43 Å². The molecule has 0 unspecified atom stereocenters. The predicted molar refractivity (Wildman–Crippen MR) is 78.1 cm³/mol. The molecule has 0 radical (unpaired) electrons. The number of non-ortho nitro benzene ring substituents is 1. The van der Waals surface area contributed by atoms with Gasteiger partial charge in [0.1, 0.15) is 5.78 Å². The van der Waals surface area contributed by atoms with Gasteiger partial charge in [-0.05, 0) is 11.8 Å². The second kappa shape index (κ2) is 4.65. The molecule has 1 aromatic rings. The zero-order valence-electron chi connectivity index (χ0n) is 12.0. The Bertz CT molecular complexity index is 651. The maximum Gasteiger partial charge on any atom is 0.270 e. The van der Waals surface area contributed by atoms with E-state index in [2.05, 4.69) is 24.4 Å². The molecule has 0 bridgehead atoms. The van der Waals surface area contributed by atoms with Crippen LogP contribution >= 0.6 is 0 Å². The minimum Gasteiger partial charge on any atom is -0.306 e. The number of nitro benzene ring substituents is 1. The van der Waals surface area contributed by atoms with Gasteiger partial charge in [0.15, 0.2) is 0 Å². The highest BCUT2D eigenvalue weighted by atomic mass is 16.6. The lowest BCUT2D eigenvalue weighted by atomic mass is 9.68. The summed E-state index contributed by atoms with van der Waals surface area (Å²) in [7, 11) is 0. The maximum atomic E-state index is 12.4. The Hall–Kier alpha value is -2.24. The number of Topliss-reactive ketones (excluding diaryl/α,β-unsaturated/α-hetero) is 1. The third-order valence-corrected chi connectivity index (χ3v) is 4.17. The van der Waals surface area contributed by atoms with Gasteiger partial charge in [-0.1, -0.05) is 26.0 Å². The van der Waals surface area contributed by atoms with Crippen molar-refractivity contribution in [3.05, 3.63) is 39.9 Å². The van der Waals surface area contributed by atoms with Crippen molar-refractivity contribution in [1.82, 2.24) is 5.43 Å². The summed E-state index contributed by atoms with van der Waals surface area (Å²) in [4.78, 5) is 22.9. The minimum atomic E-state index is -0.435.